The summed E-state index contributed by atoms with van der Waals surface area (Å²) in [4.78, 5) is 27.3. The van der Waals surface area contributed by atoms with E-state index in [0.717, 1.165) is 12.1 Å². The van der Waals surface area contributed by atoms with Gasteiger partial charge >= 0.3 is 12.3 Å². The van der Waals surface area contributed by atoms with Crippen molar-refractivity contribution in [2.24, 2.45) is 0 Å². The minimum atomic E-state index is -4.53. The van der Waals surface area contributed by atoms with Crippen LogP contribution in [0.5, 0.6) is 0 Å². The van der Waals surface area contributed by atoms with Crippen LogP contribution >= 0.6 is 0 Å². The Labute approximate surface area is 155 Å². The van der Waals surface area contributed by atoms with Crippen LogP contribution in [-0.4, -0.2) is 53.3 Å². The second-order valence-corrected chi connectivity index (χ2v) is 7.33. The Hall–Kier alpha value is -2.29. The summed E-state index contributed by atoms with van der Waals surface area (Å²) in [5.41, 5.74) is -1.52. The third-order valence-corrected chi connectivity index (χ3v) is 4.02. The van der Waals surface area contributed by atoms with Gasteiger partial charge in [0.25, 0.3) is 0 Å². The van der Waals surface area contributed by atoms with Gasteiger partial charge in [-0.3, -0.25) is 9.69 Å². The van der Waals surface area contributed by atoms with Crippen molar-refractivity contribution in [2.45, 2.75) is 45.0 Å². The molecule has 1 fully saturated rings. The molecule has 1 unspecified atom stereocenters. The molecule has 1 aliphatic heterocycles. The Morgan fingerprint density at radius 3 is 2.52 bits per heavy atom. The molecule has 0 aromatic heterocycles. The average Bonchev–Trinajstić information content (AvgIpc) is 2.54. The molecule has 6 nitrogen and oxygen atoms in total. The number of halogens is 3. The van der Waals surface area contributed by atoms with Crippen LogP contribution in [0.3, 0.4) is 0 Å². The van der Waals surface area contributed by atoms with Crippen molar-refractivity contribution in [3.05, 3.63) is 29.8 Å². The number of nitrogens with zero attached hydrogens (tertiary/aromatic N) is 2. The maximum Gasteiger partial charge on any atom is 0.416 e. The number of aliphatic hydroxyl groups excluding tert-OH is 1. The van der Waals surface area contributed by atoms with Gasteiger partial charge in [-0.1, -0.05) is 6.07 Å². The van der Waals surface area contributed by atoms with E-state index in [9.17, 15) is 27.9 Å². The number of benzene rings is 1. The quantitative estimate of drug-likeness (QED) is 0.864. The fourth-order valence-corrected chi connectivity index (χ4v) is 2.80. The highest BCUT2D eigenvalue weighted by atomic mass is 19.4. The molecular formula is C18H23F3N2O4. The van der Waals surface area contributed by atoms with E-state index >= 15 is 0 Å². The van der Waals surface area contributed by atoms with Crippen LogP contribution in [0.15, 0.2) is 24.3 Å². The summed E-state index contributed by atoms with van der Waals surface area (Å²) >= 11 is 0. The number of carbonyl (C=O) groups is 2. The lowest BCUT2D eigenvalue weighted by molar-refractivity contribution is -0.137. The summed E-state index contributed by atoms with van der Waals surface area (Å²) in [6, 6.07) is 3.89. The summed E-state index contributed by atoms with van der Waals surface area (Å²) in [7, 11) is 0. The van der Waals surface area contributed by atoms with Crippen molar-refractivity contribution in [1.29, 1.82) is 0 Å². The number of anilines is 1. The maximum absolute atomic E-state index is 12.9. The number of rotatable bonds is 3. The predicted molar refractivity (Wildman–Crippen MR) is 92.2 cm³/mol. The van der Waals surface area contributed by atoms with Crippen molar-refractivity contribution < 1.29 is 32.6 Å². The molecule has 1 aromatic carbocycles. The number of piperazine rings is 1. The number of hydrogen-bond donors (Lipinski definition) is 1. The summed E-state index contributed by atoms with van der Waals surface area (Å²) < 4.78 is 44.1. The summed E-state index contributed by atoms with van der Waals surface area (Å²) in [5, 5.41) is 9.29. The van der Waals surface area contributed by atoms with Crippen LogP contribution in [0.4, 0.5) is 23.7 Å². The van der Waals surface area contributed by atoms with E-state index in [2.05, 4.69) is 0 Å². The number of amides is 2. The van der Waals surface area contributed by atoms with Crippen molar-refractivity contribution in [2.75, 3.05) is 24.6 Å². The highest BCUT2D eigenvalue weighted by Gasteiger charge is 2.38. The van der Waals surface area contributed by atoms with E-state index in [1.165, 1.54) is 21.9 Å². The Bertz CT molecular complexity index is 701. The van der Waals surface area contributed by atoms with Gasteiger partial charge in [-0.25, -0.2) is 4.79 Å². The number of aliphatic hydroxyl groups is 1. The molecule has 1 aromatic rings. The van der Waals surface area contributed by atoms with Gasteiger partial charge in [0.05, 0.1) is 11.6 Å². The van der Waals surface area contributed by atoms with E-state index in [-0.39, 0.29) is 31.8 Å². The summed E-state index contributed by atoms with van der Waals surface area (Å²) in [5.74, 6) is -0.519. The van der Waals surface area contributed by atoms with Crippen molar-refractivity contribution in [3.8, 4) is 0 Å². The smallest absolute Gasteiger partial charge is 0.416 e. The van der Waals surface area contributed by atoms with Gasteiger partial charge in [-0.2, -0.15) is 13.2 Å². The molecule has 0 saturated carbocycles. The third-order valence-electron chi connectivity index (χ3n) is 4.02. The standard InChI is InChI=1S/C18H23F3N2O4/c1-17(2,3)27-16(26)23-11-15(25)22(10-14(23)7-8-24)13-6-4-5-12(9-13)18(19,20)21/h4-6,9,14,24H,7-8,10-11H2,1-3H3. The zero-order valence-electron chi connectivity index (χ0n) is 15.4. The molecule has 1 N–H and O–H groups in total. The number of ether oxygens (including phenoxy) is 1. The Balaban J connectivity index is 2.26. The lowest BCUT2D eigenvalue weighted by Gasteiger charge is -2.41. The first kappa shape index (κ1) is 21.0. The van der Waals surface area contributed by atoms with Gasteiger partial charge < -0.3 is 14.7 Å². The van der Waals surface area contributed by atoms with Crippen LogP contribution in [0.1, 0.15) is 32.8 Å². The second kappa shape index (κ2) is 7.75. The fourth-order valence-electron chi connectivity index (χ4n) is 2.80. The van der Waals surface area contributed by atoms with Crippen LogP contribution in [0.25, 0.3) is 0 Å². The van der Waals surface area contributed by atoms with Gasteiger partial charge in [0.1, 0.15) is 12.1 Å². The lowest BCUT2D eigenvalue weighted by atomic mass is 10.1. The Kier molecular flexibility index (Phi) is 6.04. The van der Waals surface area contributed by atoms with Crippen molar-refractivity contribution in [3.63, 3.8) is 0 Å². The molecule has 0 radical (unpaired) electrons. The third kappa shape index (κ3) is 5.35. The molecule has 1 atom stereocenters. The van der Waals surface area contributed by atoms with E-state index in [1.54, 1.807) is 20.8 Å². The minimum Gasteiger partial charge on any atom is -0.444 e. The molecule has 2 rings (SSSR count). The van der Waals surface area contributed by atoms with Gasteiger partial charge in [0.15, 0.2) is 0 Å². The molecule has 0 aliphatic carbocycles. The predicted octanol–water partition coefficient (Wildman–Crippen LogP) is 3.04. The first-order chi connectivity index (χ1) is 12.4. The number of hydrogen-bond acceptors (Lipinski definition) is 4. The monoisotopic (exact) mass is 388 g/mol. The topological polar surface area (TPSA) is 70.1 Å². The van der Waals surface area contributed by atoms with Gasteiger partial charge in [0.2, 0.25) is 5.91 Å². The van der Waals surface area contributed by atoms with Crippen molar-refractivity contribution >= 4 is 17.7 Å². The van der Waals surface area contributed by atoms with E-state index in [4.69, 9.17) is 4.74 Å². The minimum absolute atomic E-state index is 0.0278. The molecule has 0 bridgehead atoms. The van der Waals surface area contributed by atoms with Crippen LogP contribution in [-0.2, 0) is 15.7 Å². The van der Waals surface area contributed by atoms with Crippen molar-refractivity contribution in [1.82, 2.24) is 4.90 Å². The van der Waals surface area contributed by atoms with Gasteiger partial charge in [-0.05, 0) is 45.4 Å². The first-order valence-corrected chi connectivity index (χ1v) is 8.50. The zero-order chi connectivity index (χ0) is 20.4. The Morgan fingerprint density at radius 2 is 1.96 bits per heavy atom. The molecule has 2 amide bonds. The normalized spacial score (nSPS) is 18.6. The molecule has 27 heavy (non-hydrogen) atoms. The highest BCUT2D eigenvalue weighted by molar-refractivity contribution is 5.97. The number of carbonyl (C=O) groups excluding carboxylic acids is 2. The number of alkyl halides is 3. The largest absolute Gasteiger partial charge is 0.444 e. The maximum atomic E-state index is 12.9. The van der Waals surface area contributed by atoms with Crippen LogP contribution in [0.2, 0.25) is 0 Å². The summed E-state index contributed by atoms with van der Waals surface area (Å²) in [6.07, 6.45) is -5.05. The Morgan fingerprint density at radius 1 is 1.30 bits per heavy atom. The van der Waals surface area contributed by atoms with E-state index in [0.29, 0.717) is 0 Å². The molecule has 1 heterocycles. The van der Waals surface area contributed by atoms with Crippen LogP contribution < -0.4 is 4.90 Å². The van der Waals surface area contributed by atoms with Gasteiger partial charge in [-0.15, -0.1) is 0 Å². The SMILES string of the molecule is CC(C)(C)OC(=O)N1CC(=O)N(c2cccc(C(F)(F)F)c2)CC1CCO. The summed E-state index contributed by atoms with van der Waals surface area (Å²) in [6.45, 7) is 4.45. The average molecular weight is 388 g/mol. The molecule has 1 aliphatic rings. The molecule has 0 spiro atoms. The molecular weight excluding hydrogens is 365 g/mol. The highest BCUT2D eigenvalue weighted by Crippen LogP contribution is 2.32. The van der Waals surface area contributed by atoms with Crippen LogP contribution in [0, 0.1) is 0 Å². The second-order valence-electron chi connectivity index (χ2n) is 7.33. The van der Waals surface area contributed by atoms with E-state index in [1.807, 2.05) is 0 Å². The molecule has 150 valence electrons. The molecule has 1 saturated heterocycles. The van der Waals surface area contributed by atoms with E-state index < -0.39 is 35.4 Å². The lowest BCUT2D eigenvalue weighted by Crippen LogP contribution is -2.59. The first-order valence-electron chi connectivity index (χ1n) is 8.50. The van der Waals surface area contributed by atoms with Gasteiger partial charge in [0, 0.05) is 18.8 Å². The fraction of sp³-hybridized carbons (Fsp3) is 0.556. The molecule has 9 heteroatoms. The zero-order valence-corrected chi connectivity index (χ0v) is 15.4.